The van der Waals surface area contributed by atoms with Crippen molar-refractivity contribution in [1.29, 1.82) is 0 Å². The highest BCUT2D eigenvalue weighted by Gasteiger charge is 2.20. The summed E-state index contributed by atoms with van der Waals surface area (Å²) in [6.07, 6.45) is 0.136. The summed E-state index contributed by atoms with van der Waals surface area (Å²) < 4.78 is 5.40. The summed E-state index contributed by atoms with van der Waals surface area (Å²) in [5.74, 6) is -0.349. The highest BCUT2D eigenvalue weighted by Crippen LogP contribution is 2.23. The van der Waals surface area contributed by atoms with E-state index in [1.165, 1.54) is 0 Å². The van der Waals surface area contributed by atoms with Crippen LogP contribution in [0.2, 0.25) is 0 Å². The van der Waals surface area contributed by atoms with Crippen molar-refractivity contribution in [3.8, 4) is 5.75 Å². The molecule has 2 N–H and O–H groups in total. The SMILES string of the molecule is CCOc1ccc([C@@H](CC(=O)O)NC(=O)C[C@@H](C)c2ccccc2)cc1. The van der Waals surface area contributed by atoms with Crippen LogP contribution in [0.4, 0.5) is 0 Å². The Balaban J connectivity index is 2.04. The first-order chi connectivity index (χ1) is 12.5. The number of carboxylic acid groups (broad SMARTS) is 1. The second kappa shape index (κ2) is 9.61. The van der Waals surface area contributed by atoms with Gasteiger partial charge in [-0.25, -0.2) is 0 Å². The molecule has 0 unspecified atom stereocenters. The van der Waals surface area contributed by atoms with Crippen LogP contribution in [0.1, 0.15) is 49.8 Å². The fourth-order valence-electron chi connectivity index (χ4n) is 2.82. The molecular weight excluding hydrogens is 330 g/mol. The van der Waals surface area contributed by atoms with Crippen LogP contribution in [0, 0.1) is 0 Å². The van der Waals surface area contributed by atoms with Gasteiger partial charge in [-0.2, -0.15) is 0 Å². The summed E-state index contributed by atoms with van der Waals surface area (Å²) in [7, 11) is 0. The van der Waals surface area contributed by atoms with E-state index in [1.807, 2.05) is 44.2 Å². The van der Waals surface area contributed by atoms with Crippen LogP contribution < -0.4 is 10.1 Å². The van der Waals surface area contributed by atoms with Crippen LogP contribution in [0.25, 0.3) is 0 Å². The van der Waals surface area contributed by atoms with E-state index in [-0.39, 0.29) is 18.2 Å². The average Bonchev–Trinajstić information content (AvgIpc) is 2.62. The van der Waals surface area contributed by atoms with Gasteiger partial charge in [0.15, 0.2) is 0 Å². The lowest BCUT2D eigenvalue weighted by Crippen LogP contribution is -2.30. The molecule has 2 rings (SSSR count). The third-order valence-corrected chi connectivity index (χ3v) is 4.17. The Labute approximate surface area is 154 Å². The van der Waals surface area contributed by atoms with Crippen LogP contribution in [0.5, 0.6) is 5.75 Å². The van der Waals surface area contributed by atoms with Crippen LogP contribution >= 0.6 is 0 Å². The monoisotopic (exact) mass is 355 g/mol. The van der Waals surface area contributed by atoms with Crippen molar-refractivity contribution < 1.29 is 19.4 Å². The van der Waals surface area contributed by atoms with Crippen LogP contribution in [0.3, 0.4) is 0 Å². The number of hydrogen-bond acceptors (Lipinski definition) is 3. The first-order valence-corrected chi connectivity index (χ1v) is 8.78. The highest BCUT2D eigenvalue weighted by atomic mass is 16.5. The first kappa shape index (κ1) is 19.5. The second-order valence-electron chi connectivity index (χ2n) is 6.24. The zero-order chi connectivity index (χ0) is 18.9. The quantitative estimate of drug-likeness (QED) is 0.715. The summed E-state index contributed by atoms with van der Waals surface area (Å²) in [6, 6.07) is 16.4. The van der Waals surface area contributed by atoms with Crippen molar-refractivity contribution in [2.75, 3.05) is 6.61 Å². The molecule has 0 aliphatic rings. The summed E-state index contributed by atoms with van der Waals surface area (Å²) in [6.45, 7) is 4.44. The van der Waals surface area contributed by atoms with Crippen molar-refractivity contribution in [1.82, 2.24) is 5.32 Å². The molecule has 26 heavy (non-hydrogen) atoms. The standard InChI is InChI=1S/C21H25NO4/c1-3-26-18-11-9-17(10-12-18)19(14-21(24)25)22-20(23)13-15(2)16-7-5-4-6-8-16/h4-12,15,19H,3,13-14H2,1-2H3,(H,22,23)(H,24,25)/t15-,19-/m1/s1. The summed E-state index contributed by atoms with van der Waals surface area (Å²) in [4.78, 5) is 23.6. The lowest BCUT2D eigenvalue weighted by molar-refractivity contribution is -0.137. The minimum absolute atomic E-state index is 0.0574. The molecule has 2 atom stereocenters. The molecule has 138 valence electrons. The Morgan fingerprint density at radius 1 is 1.00 bits per heavy atom. The van der Waals surface area contributed by atoms with E-state index in [9.17, 15) is 14.7 Å². The normalized spacial score (nSPS) is 12.8. The molecule has 0 saturated carbocycles. The largest absolute Gasteiger partial charge is 0.494 e. The number of carbonyl (C=O) groups excluding carboxylic acids is 1. The van der Waals surface area contributed by atoms with Gasteiger partial charge in [-0.1, -0.05) is 49.4 Å². The van der Waals surface area contributed by atoms with Gasteiger partial charge >= 0.3 is 5.97 Å². The van der Waals surface area contributed by atoms with E-state index in [0.29, 0.717) is 18.8 Å². The third kappa shape index (κ3) is 5.92. The van der Waals surface area contributed by atoms with Crippen LogP contribution in [-0.2, 0) is 9.59 Å². The van der Waals surface area contributed by atoms with Gasteiger partial charge in [0, 0.05) is 6.42 Å². The number of benzene rings is 2. The van der Waals surface area contributed by atoms with Crippen LogP contribution in [-0.4, -0.2) is 23.6 Å². The predicted molar refractivity (Wildman–Crippen MR) is 100 cm³/mol. The molecule has 5 heteroatoms. The molecule has 0 aromatic heterocycles. The molecule has 0 aliphatic heterocycles. The summed E-state index contributed by atoms with van der Waals surface area (Å²) in [5.41, 5.74) is 1.83. The highest BCUT2D eigenvalue weighted by molar-refractivity contribution is 5.78. The predicted octanol–water partition coefficient (Wildman–Crippen LogP) is 3.91. The molecule has 0 radical (unpaired) electrons. The number of rotatable bonds is 9. The second-order valence-corrected chi connectivity index (χ2v) is 6.24. The minimum atomic E-state index is -0.958. The van der Waals surface area contributed by atoms with Gasteiger partial charge < -0.3 is 15.2 Å². The lowest BCUT2D eigenvalue weighted by Gasteiger charge is -2.19. The molecule has 0 bridgehead atoms. The Morgan fingerprint density at radius 2 is 1.65 bits per heavy atom. The van der Waals surface area contributed by atoms with E-state index in [0.717, 1.165) is 11.1 Å². The molecule has 0 heterocycles. The van der Waals surface area contributed by atoms with Gasteiger partial charge in [0.25, 0.3) is 0 Å². The van der Waals surface area contributed by atoms with E-state index in [2.05, 4.69) is 5.32 Å². The van der Waals surface area contributed by atoms with E-state index < -0.39 is 12.0 Å². The van der Waals surface area contributed by atoms with E-state index in [4.69, 9.17) is 4.74 Å². The van der Waals surface area contributed by atoms with Gasteiger partial charge in [0.05, 0.1) is 19.1 Å². The van der Waals surface area contributed by atoms with Crippen molar-refractivity contribution in [3.63, 3.8) is 0 Å². The molecule has 0 spiro atoms. The maximum absolute atomic E-state index is 12.4. The van der Waals surface area contributed by atoms with Crippen molar-refractivity contribution in [2.24, 2.45) is 0 Å². The molecule has 0 saturated heterocycles. The van der Waals surface area contributed by atoms with Crippen molar-refractivity contribution in [3.05, 3.63) is 65.7 Å². The number of nitrogens with one attached hydrogen (secondary N) is 1. The summed E-state index contributed by atoms with van der Waals surface area (Å²) in [5, 5.41) is 12.0. The smallest absolute Gasteiger partial charge is 0.305 e. The Hall–Kier alpha value is -2.82. The minimum Gasteiger partial charge on any atom is -0.494 e. The fourth-order valence-corrected chi connectivity index (χ4v) is 2.82. The molecule has 0 fully saturated rings. The number of hydrogen-bond donors (Lipinski definition) is 2. The topological polar surface area (TPSA) is 75.6 Å². The summed E-state index contributed by atoms with van der Waals surface area (Å²) >= 11 is 0. The average molecular weight is 355 g/mol. The number of carbonyl (C=O) groups is 2. The number of amides is 1. The van der Waals surface area contributed by atoms with Gasteiger partial charge in [0.2, 0.25) is 5.91 Å². The maximum Gasteiger partial charge on any atom is 0.305 e. The van der Waals surface area contributed by atoms with Gasteiger partial charge in [-0.3, -0.25) is 9.59 Å². The number of ether oxygens (including phenoxy) is 1. The fraction of sp³-hybridized carbons (Fsp3) is 0.333. The first-order valence-electron chi connectivity index (χ1n) is 8.78. The molecule has 0 aliphatic carbocycles. The van der Waals surface area contributed by atoms with Gasteiger partial charge in [0.1, 0.15) is 5.75 Å². The zero-order valence-corrected chi connectivity index (χ0v) is 15.1. The third-order valence-electron chi connectivity index (χ3n) is 4.17. The zero-order valence-electron chi connectivity index (χ0n) is 15.1. The number of aliphatic carboxylic acids is 1. The van der Waals surface area contributed by atoms with Crippen molar-refractivity contribution in [2.45, 2.75) is 38.6 Å². The molecule has 2 aromatic carbocycles. The van der Waals surface area contributed by atoms with Gasteiger partial charge in [-0.05, 0) is 36.1 Å². The van der Waals surface area contributed by atoms with Crippen molar-refractivity contribution >= 4 is 11.9 Å². The van der Waals surface area contributed by atoms with Crippen LogP contribution in [0.15, 0.2) is 54.6 Å². The molecule has 5 nitrogen and oxygen atoms in total. The van der Waals surface area contributed by atoms with E-state index in [1.54, 1.807) is 24.3 Å². The maximum atomic E-state index is 12.4. The van der Waals surface area contributed by atoms with E-state index >= 15 is 0 Å². The molecular formula is C21H25NO4. The number of carboxylic acids is 1. The Morgan fingerprint density at radius 3 is 2.23 bits per heavy atom. The lowest BCUT2D eigenvalue weighted by atomic mass is 9.97. The Kier molecular flexibility index (Phi) is 7.21. The Bertz CT molecular complexity index is 713. The molecule has 2 aromatic rings. The van der Waals surface area contributed by atoms with Gasteiger partial charge in [-0.15, -0.1) is 0 Å². The molecule has 1 amide bonds.